The summed E-state index contributed by atoms with van der Waals surface area (Å²) in [7, 11) is 1.76. The van der Waals surface area contributed by atoms with E-state index in [2.05, 4.69) is 25.1 Å². The van der Waals surface area contributed by atoms with Crippen LogP contribution in [0.3, 0.4) is 0 Å². The molecule has 1 aromatic rings. The van der Waals surface area contributed by atoms with E-state index in [-0.39, 0.29) is 35.0 Å². The van der Waals surface area contributed by atoms with E-state index in [9.17, 15) is 9.90 Å². The minimum Gasteiger partial charge on any atom is -0.392 e. The van der Waals surface area contributed by atoms with Gasteiger partial charge < -0.3 is 15.3 Å². The Morgan fingerprint density at radius 1 is 1.42 bits per heavy atom. The zero-order valence-electron chi connectivity index (χ0n) is 19.4. The molecule has 2 aliphatic carbocycles. The zero-order chi connectivity index (χ0) is 22.3. The Kier molecular flexibility index (Phi) is 6.49. The van der Waals surface area contributed by atoms with Gasteiger partial charge in [-0.05, 0) is 62.4 Å². The smallest absolute Gasteiger partial charge is 0.226 e. The van der Waals surface area contributed by atoms with Crippen LogP contribution in [0.2, 0.25) is 0 Å². The normalized spacial score (nSPS) is 34.3. The maximum atomic E-state index is 12.9. The highest BCUT2D eigenvalue weighted by molar-refractivity contribution is 7.11. The van der Waals surface area contributed by atoms with Gasteiger partial charge in [0.1, 0.15) is 0 Å². The van der Waals surface area contributed by atoms with Crippen LogP contribution in [0.1, 0.15) is 73.9 Å². The molecule has 2 N–H and O–H groups in total. The summed E-state index contributed by atoms with van der Waals surface area (Å²) in [6.07, 6.45) is 10.2. The molecule has 1 saturated carbocycles. The van der Waals surface area contributed by atoms with E-state index < -0.39 is 6.10 Å². The quantitative estimate of drug-likeness (QED) is 0.700. The zero-order valence-corrected chi connectivity index (χ0v) is 20.2. The number of fused-ring (bicyclic) bond motifs is 2. The van der Waals surface area contributed by atoms with Gasteiger partial charge in [0.05, 0.1) is 23.4 Å². The molecule has 3 aliphatic rings. The molecule has 1 amide bonds. The fourth-order valence-electron chi connectivity index (χ4n) is 6.55. The van der Waals surface area contributed by atoms with Crippen LogP contribution in [0.25, 0.3) is 0 Å². The Balaban J connectivity index is 1.57. The minimum atomic E-state index is -0.496. The summed E-state index contributed by atoms with van der Waals surface area (Å²) in [5, 5.41) is 16.3. The monoisotopic (exact) mass is 443 g/mol. The third-order valence-electron chi connectivity index (χ3n) is 8.36. The predicted octanol–water partition coefficient (Wildman–Crippen LogP) is 3.39. The Labute approximate surface area is 191 Å². The third-order valence-corrected chi connectivity index (χ3v) is 9.60. The van der Waals surface area contributed by atoms with Crippen molar-refractivity contribution in [3.8, 4) is 12.3 Å². The number of hydrogen-bond donors (Lipinski definition) is 2. The van der Waals surface area contributed by atoms with Gasteiger partial charge in [-0.15, -0.1) is 17.8 Å². The number of aromatic nitrogens is 1. The maximum Gasteiger partial charge on any atom is 0.226 e. The number of carbonyl (C=O) groups excluding carboxylic acids is 1. The first-order chi connectivity index (χ1) is 14.8. The van der Waals surface area contributed by atoms with E-state index in [4.69, 9.17) is 11.4 Å². The van der Waals surface area contributed by atoms with Crippen molar-refractivity contribution in [3.63, 3.8) is 0 Å². The highest BCUT2D eigenvalue weighted by Gasteiger charge is 2.54. The minimum absolute atomic E-state index is 0.0303. The summed E-state index contributed by atoms with van der Waals surface area (Å²) < 4.78 is 0. The van der Waals surface area contributed by atoms with Crippen molar-refractivity contribution in [2.75, 3.05) is 26.7 Å². The topological polar surface area (TPSA) is 65.5 Å². The molecular weight excluding hydrogens is 406 g/mol. The molecule has 2 fully saturated rings. The molecule has 6 heteroatoms. The highest BCUT2D eigenvalue weighted by atomic mass is 32.1. The number of nitrogens with one attached hydrogen (secondary N) is 1. The molecule has 1 aliphatic heterocycles. The van der Waals surface area contributed by atoms with Crippen molar-refractivity contribution in [3.05, 3.63) is 15.6 Å². The number of rotatable bonds is 4. The number of terminal acetylenes is 1. The van der Waals surface area contributed by atoms with Crippen molar-refractivity contribution in [2.24, 2.45) is 23.2 Å². The van der Waals surface area contributed by atoms with Crippen molar-refractivity contribution < 1.29 is 9.90 Å². The van der Waals surface area contributed by atoms with E-state index in [1.165, 1.54) is 15.6 Å². The van der Waals surface area contributed by atoms with Crippen molar-refractivity contribution in [1.29, 1.82) is 0 Å². The number of thiazole rings is 1. The van der Waals surface area contributed by atoms with Crippen LogP contribution in [-0.4, -0.2) is 53.7 Å². The molecule has 1 aromatic heterocycles. The Morgan fingerprint density at radius 3 is 2.81 bits per heavy atom. The fourth-order valence-corrected chi connectivity index (χ4v) is 8.09. The number of hydrogen-bond acceptors (Lipinski definition) is 5. The lowest BCUT2D eigenvalue weighted by Gasteiger charge is -2.53. The van der Waals surface area contributed by atoms with Crippen molar-refractivity contribution >= 4 is 17.2 Å². The van der Waals surface area contributed by atoms with E-state index in [1.807, 2.05) is 18.3 Å². The number of piperidine rings is 1. The summed E-state index contributed by atoms with van der Waals surface area (Å²) in [5.74, 6) is 3.24. The van der Waals surface area contributed by atoms with Gasteiger partial charge in [-0.25, -0.2) is 4.98 Å². The SMILES string of the molecule is C#CCN(C)C(=O)[C@@H](C)[C@H]1CC[C@]2(C)Cc3sc(C4CCNCC4)nc3[C@H](C)[C@@H]2[C@H]1O. The summed E-state index contributed by atoms with van der Waals surface area (Å²) in [6, 6.07) is 0. The van der Waals surface area contributed by atoms with Crippen molar-refractivity contribution in [2.45, 2.75) is 70.8 Å². The lowest BCUT2D eigenvalue weighted by atomic mass is 9.53. The largest absolute Gasteiger partial charge is 0.392 e. The van der Waals surface area contributed by atoms with Gasteiger partial charge in [0.25, 0.3) is 0 Å². The summed E-state index contributed by atoms with van der Waals surface area (Å²) in [5.41, 5.74) is 1.28. The molecule has 5 nitrogen and oxygen atoms in total. The second-order valence-corrected chi connectivity index (χ2v) is 11.5. The molecule has 170 valence electrons. The average molecular weight is 444 g/mol. The molecule has 1 saturated heterocycles. The molecule has 0 radical (unpaired) electrons. The summed E-state index contributed by atoms with van der Waals surface area (Å²) in [6.45, 7) is 9.01. The first-order valence-electron chi connectivity index (χ1n) is 11.8. The van der Waals surface area contributed by atoms with Gasteiger partial charge in [0.2, 0.25) is 5.91 Å². The molecule has 31 heavy (non-hydrogen) atoms. The van der Waals surface area contributed by atoms with Gasteiger partial charge >= 0.3 is 0 Å². The second-order valence-electron chi connectivity index (χ2n) is 10.4. The van der Waals surface area contributed by atoms with Crippen LogP contribution >= 0.6 is 11.3 Å². The van der Waals surface area contributed by atoms with Gasteiger partial charge in [-0.3, -0.25) is 4.79 Å². The van der Waals surface area contributed by atoms with Gasteiger partial charge in [0.15, 0.2) is 0 Å². The number of amides is 1. The van der Waals surface area contributed by atoms with Crippen LogP contribution in [0.5, 0.6) is 0 Å². The first kappa shape index (κ1) is 22.8. The van der Waals surface area contributed by atoms with Gasteiger partial charge in [-0.1, -0.05) is 26.7 Å². The van der Waals surface area contributed by atoms with E-state index in [1.54, 1.807) is 11.9 Å². The third kappa shape index (κ3) is 4.05. The molecule has 2 heterocycles. The Bertz CT molecular complexity index is 855. The van der Waals surface area contributed by atoms with Crippen LogP contribution in [0.15, 0.2) is 0 Å². The van der Waals surface area contributed by atoms with E-state index in [0.717, 1.165) is 45.2 Å². The number of aliphatic hydroxyl groups is 1. The first-order valence-corrected chi connectivity index (χ1v) is 12.6. The Hall–Kier alpha value is -1.42. The highest BCUT2D eigenvalue weighted by Crippen LogP contribution is 2.57. The molecule has 0 aromatic carbocycles. The van der Waals surface area contributed by atoms with Gasteiger partial charge in [-0.2, -0.15) is 0 Å². The average Bonchev–Trinajstić information content (AvgIpc) is 3.17. The predicted molar refractivity (Wildman–Crippen MR) is 125 cm³/mol. The molecule has 0 bridgehead atoms. The lowest BCUT2D eigenvalue weighted by Crippen LogP contribution is -2.53. The molecule has 6 atom stereocenters. The standard InChI is InChI=1S/C25H37N3O2S/c1-6-13-28(5)24(30)15(2)18-7-10-25(4)14-19-21(16(3)20(25)22(18)29)27-23(31-19)17-8-11-26-12-9-17/h1,15-18,20,22,26,29H,7-14H2,2-5H3/t15-,16+,18+,20+,22-,25+/m0/s1. The number of nitrogens with zero attached hydrogens (tertiary/aromatic N) is 2. The molecular formula is C25H37N3O2S. The maximum absolute atomic E-state index is 12.9. The second kappa shape index (κ2) is 8.84. The van der Waals surface area contributed by atoms with Crippen LogP contribution in [0.4, 0.5) is 0 Å². The number of carbonyl (C=O) groups is 1. The van der Waals surface area contributed by atoms with Crippen LogP contribution < -0.4 is 5.32 Å². The van der Waals surface area contributed by atoms with Crippen LogP contribution in [0, 0.1) is 35.5 Å². The number of aliphatic hydroxyl groups excluding tert-OH is 1. The van der Waals surface area contributed by atoms with E-state index in [0.29, 0.717) is 12.5 Å². The van der Waals surface area contributed by atoms with Crippen LogP contribution in [-0.2, 0) is 11.2 Å². The molecule has 4 rings (SSSR count). The Morgan fingerprint density at radius 2 is 2.13 bits per heavy atom. The molecule has 0 unspecified atom stereocenters. The molecule has 0 spiro atoms. The van der Waals surface area contributed by atoms with Gasteiger partial charge in [0, 0.05) is 29.7 Å². The van der Waals surface area contributed by atoms with E-state index >= 15 is 0 Å². The summed E-state index contributed by atoms with van der Waals surface area (Å²) in [4.78, 5) is 21.1. The fraction of sp³-hybridized carbons (Fsp3) is 0.760. The summed E-state index contributed by atoms with van der Waals surface area (Å²) >= 11 is 1.92. The van der Waals surface area contributed by atoms with Crippen molar-refractivity contribution in [1.82, 2.24) is 15.2 Å². The lowest BCUT2D eigenvalue weighted by molar-refractivity contribution is -0.142.